The van der Waals surface area contributed by atoms with Crippen molar-refractivity contribution in [1.29, 1.82) is 0 Å². The van der Waals surface area contributed by atoms with Crippen LogP contribution < -0.4 is 9.46 Å². The van der Waals surface area contributed by atoms with Crippen molar-refractivity contribution < 1.29 is 17.5 Å². The van der Waals surface area contributed by atoms with Crippen LogP contribution in [0.4, 0.5) is 4.39 Å². The number of aryl methyl sites for hydroxylation is 1. The van der Waals surface area contributed by atoms with Crippen LogP contribution in [0.2, 0.25) is 0 Å². The summed E-state index contributed by atoms with van der Waals surface area (Å²) in [6, 6.07) is 10.0. The lowest BCUT2D eigenvalue weighted by atomic mass is 10.1. The molecule has 0 heterocycles. The summed E-state index contributed by atoms with van der Waals surface area (Å²) in [5.41, 5.74) is 1.45. The van der Waals surface area contributed by atoms with Crippen molar-refractivity contribution in [3.63, 3.8) is 0 Å². The second-order valence-corrected chi connectivity index (χ2v) is 6.97. The van der Waals surface area contributed by atoms with Gasteiger partial charge in [-0.2, -0.15) is 0 Å². The molecule has 1 N–H and O–H groups in total. The van der Waals surface area contributed by atoms with Gasteiger partial charge in [0.1, 0.15) is 11.6 Å². The summed E-state index contributed by atoms with van der Waals surface area (Å²) < 4.78 is 45.9. The van der Waals surface area contributed by atoms with E-state index in [1.165, 1.54) is 18.2 Å². The SMILES string of the molecule is CCOc1ccc(S(=O)(=O)N[C@H](C)c2ccc(F)cc2)cc1C. The molecule has 124 valence electrons. The Kier molecular flexibility index (Phi) is 5.38. The molecule has 0 amide bonds. The minimum atomic E-state index is -3.67. The van der Waals surface area contributed by atoms with Crippen LogP contribution in [0.3, 0.4) is 0 Å². The molecule has 0 aliphatic carbocycles. The standard InChI is InChI=1S/C17H20FNO3S/c1-4-22-17-10-9-16(11-12(17)2)23(20,21)19-13(3)14-5-7-15(18)8-6-14/h5-11,13,19H,4H2,1-3H3/t13-/m1/s1. The van der Waals surface area contributed by atoms with Gasteiger partial charge in [0.05, 0.1) is 11.5 Å². The third-order valence-electron chi connectivity index (χ3n) is 3.46. The van der Waals surface area contributed by atoms with Gasteiger partial charge < -0.3 is 4.74 Å². The molecule has 2 aromatic carbocycles. The molecular formula is C17H20FNO3S. The molecular weight excluding hydrogens is 317 g/mol. The van der Waals surface area contributed by atoms with Crippen molar-refractivity contribution in [3.05, 3.63) is 59.4 Å². The van der Waals surface area contributed by atoms with E-state index in [0.717, 1.165) is 5.56 Å². The summed E-state index contributed by atoms with van der Waals surface area (Å²) in [6.45, 7) is 5.91. The van der Waals surface area contributed by atoms with Crippen molar-refractivity contribution in [3.8, 4) is 5.75 Å². The minimum Gasteiger partial charge on any atom is -0.494 e. The summed E-state index contributed by atoms with van der Waals surface area (Å²) in [5, 5.41) is 0. The Labute approximate surface area is 136 Å². The predicted molar refractivity (Wildman–Crippen MR) is 87.5 cm³/mol. The van der Waals surface area contributed by atoms with Gasteiger partial charge in [0, 0.05) is 6.04 Å². The molecule has 0 fully saturated rings. The van der Waals surface area contributed by atoms with Gasteiger partial charge in [0.25, 0.3) is 0 Å². The van der Waals surface area contributed by atoms with Crippen LogP contribution in [-0.2, 0) is 10.0 Å². The molecule has 0 aliphatic heterocycles. The number of sulfonamides is 1. The fraction of sp³-hybridized carbons (Fsp3) is 0.294. The van der Waals surface area contributed by atoms with Gasteiger partial charge in [-0.25, -0.2) is 17.5 Å². The molecule has 2 aromatic rings. The molecule has 1 atom stereocenters. The molecule has 0 radical (unpaired) electrons. The summed E-state index contributed by atoms with van der Waals surface area (Å²) in [4.78, 5) is 0.174. The maximum Gasteiger partial charge on any atom is 0.241 e. The van der Waals surface area contributed by atoms with E-state index < -0.39 is 16.1 Å². The van der Waals surface area contributed by atoms with Crippen LogP contribution in [0.15, 0.2) is 47.4 Å². The normalized spacial score (nSPS) is 12.9. The molecule has 0 unspecified atom stereocenters. The lowest BCUT2D eigenvalue weighted by Gasteiger charge is -2.16. The van der Waals surface area contributed by atoms with Gasteiger partial charge in [-0.05, 0) is 62.2 Å². The predicted octanol–water partition coefficient (Wildman–Crippen LogP) is 3.57. The average Bonchev–Trinajstić information content (AvgIpc) is 2.49. The molecule has 0 aliphatic rings. The lowest BCUT2D eigenvalue weighted by Crippen LogP contribution is -2.27. The highest BCUT2D eigenvalue weighted by Gasteiger charge is 2.19. The van der Waals surface area contributed by atoms with Crippen LogP contribution in [0.5, 0.6) is 5.75 Å². The molecule has 4 nitrogen and oxygen atoms in total. The number of rotatable bonds is 6. The molecule has 0 saturated heterocycles. The Morgan fingerprint density at radius 2 is 1.83 bits per heavy atom. The Hall–Kier alpha value is -1.92. The first-order valence-electron chi connectivity index (χ1n) is 7.34. The third-order valence-corrected chi connectivity index (χ3v) is 5.00. The van der Waals surface area contributed by atoms with Crippen LogP contribution in [0.25, 0.3) is 0 Å². The topological polar surface area (TPSA) is 55.4 Å². The van der Waals surface area contributed by atoms with Crippen molar-refractivity contribution in [2.75, 3.05) is 6.61 Å². The van der Waals surface area contributed by atoms with E-state index >= 15 is 0 Å². The lowest BCUT2D eigenvalue weighted by molar-refractivity contribution is 0.337. The smallest absolute Gasteiger partial charge is 0.241 e. The Morgan fingerprint density at radius 3 is 2.39 bits per heavy atom. The van der Waals surface area contributed by atoms with E-state index in [2.05, 4.69) is 4.72 Å². The van der Waals surface area contributed by atoms with Crippen LogP contribution in [-0.4, -0.2) is 15.0 Å². The van der Waals surface area contributed by atoms with Crippen molar-refractivity contribution in [1.82, 2.24) is 4.72 Å². The van der Waals surface area contributed by atoms with Gasteiger partial charge in [-0.15, -0.1) is 0 Å². The number of nitrogens with one attached hydrogen (secondary N) is 1. The average molecular weight is 337 g/mol. The zero-order chi connectivity index (χ0) is 17.0. The molecule has 0 spiro atoms. The Balaban J connectivity index is 2.21. The van der Waals surface area contributed by atoms with E-state index in [1.54, 1.807) is 38.1 Å². The zero-order valence-electron chi connectivity index (χ0n) is 13.3. The van der Waals surface area contributed by atoms with E-state index in [1.807, 2.05) is 6.92 Å². The van der Waals surface area contributed by atoms with Gasteiger partial charge in [-0.1, -0.05) is 12.1 Å². The van der Waals surface area contributed by atoms with Crippen LogP contribution in [0, 0.1) is 12.7 Å². The number of halogens is 1. The quantitative estimate of drug-likeness (QED) is 0.877. The Morgan fingerprint density at radius 1 is 1.17 bits per heavy atom. The highest BCUT2D eigenvalue weighted by atomic mass is 32.2. The van der Waals surface area contributed by atoms with E-state index in [9.17, 15) is 12.8 Å². The monoisotopic (exact) mass is 337 g/mol. The van der Waals surface area contributed by atoms with E-state index in [0.29, 0.717) is 17.9 Å². The van der Waals surface area contributed by atoms with E-state index in [4.69, 9.17) is 4.74 Å². The van der Waals surface area contributed by atoms with Gasteiger partial charge >= 0.3 is 0 Å². The van der Waals surface area contributed by atoms with E-state index in [-0.39, 0.29) is 10.7 Å². The Bertz CT molecular complexity index is 773. The maximum atomic E-state index is 12.9. The first-order valence-corrected chi connectivity index (χ1v) is 8.83. The molecule has 0 saturated carbocycles. The molecule has 2 rings (SSSR count). The maximum absolute atomic E-state index is 12.9. The largest absolute Gasteiger partial charge is 0.494 e. The fourth-order valence-electron chi connectivity index (χ4n) is 2.23. The molecule has 0 bridgehead atoms. The summed E-state index contributed by atoms with van der Waals surface area (Å²) in [5.74, 6) is 0.309. The van der Waals surface area contributed by atoms with Crippen molar-refractivity contribution in [2.24, 2.45) is 0 Å². The number of hydrogen-bond donors (Lipinski definition) is 1. The third kappa shape index (κ3) is 4.30. The zero-order valence-corrected chi connectivity index (χ0v) is 14.2. The highest BCUT2D eigenvalue weighted by molar-refractivity contribution is 7.89. The summed E-state index contributed by atoms with van der Waals surface area (Å²) in [6.07, 6.45) is 0. The van der Waals surface area contributed by atoms with Crippen LogP contribution in [0.1, 0.15) is 31.0 Å². The van der Waals surface area contributed by atoms with Gasteiger partial charge in [0.15, 0.2) is 0 Å². The van der Waals surface area contributed by atoms with Gasteiger partial charge in [0.2, 0.25) is 10.0 Å². The van der Waals surface area contributed by atoms with Gasteiger partial charge in [-0.3, -0.25) is 0 Å². The van der Waals surface area contributed by atoms with Crippen LogP contribution >= 0.6 is 0 Å². The second kappa shape index (κ2) is 7.10. The highest BCUT2D eigenvalue weighted by Crippen LogP contribution is 2.23. The molecule has 6 heteroatoms. The molecule has 23 heavy (non-hydrogen) atoms. The first-order chi connectivity index (χ1) is 10.8. The van der Waals surface area contributed by atoms with Crippen molar-refractivity contribution >= 4 is 10.0 Å². The summed E-state index contributed by atoms with van der Waals surface area (Å²) >= 11 is 0. The number of hydrogen-bond acceptors (Lipinski definition) is 3. The van der Waals surface area contributed by atoms with Crippen molar-refractivity contribution in [2.45, 2.75) is 31.7 Å². The number of ether oxygens (including phenoxy) is 1. The number of benzene rings is 2. The molecule has 0 aromatic heterocycles. The minimum absolute atomic E-state index is 0.174. The first kappa shape index (κ1) is 17.4. The fourth-order valence-corrected chi connectivity index (χ4v) is 3.54. The second-order valence-electron chi connectivity index (χ2n) is 5.25. The summed E-state index contributed by atoms with van der Waals surface area (Å²) in [7, 11) is -3.67.